The Bertz CT molecular complexity index is 657. The third-order valence-electron chi connectivity index (χ3n) is 3.99. The van der Waals surface area contributed by atoms with Crippen molar-refractivity contribution in [2.45, 2.75) is 12.3 Å². The molecule has 1 saturated heterocycles. The molecule has 1 heterocycles. The zero-order chi connectivity index (χ0) is 14.8. The first-order chi connectivity index (χ1) is 10.1. The van der Waals surface area contributed by atoms with Crippen molar-refractivity contribution in [3.05, 3.63) is 69.7 Å². The number of carbonyl (C=O) groups excluding carboxylic acids is 1. The van der Waals surface area contributed by atoms with Gasteiger partial charge < -0.3 is 5.32 Å². The predicted molar refractivity (Wildman–Crippen MR) is 85.8 cm³/mol. The van der Waals surface area contributed by atoms with E-state index in [4.69, 9.17) is 23.2 Å². The van der Waals surface area contributed by atoms with Crippen molar-refractivity contribution in [1.29, 1.82) is 0 Å². The summed E-state index contributed by atoms with van der Waals surface area (Å²) in [5.74, 6) is 0.173. The zero-order valence-corrected chi connectivity index (χ0v) is 12.9. The van der Waals surface area contributed by atoms with Crippen molar-refractivity contribution in [1.82, 2.24) is 5.32 Å². The second-order valence-electron chi connectivity index (χ2n) is 5.32. The van der Waals surface area contributed by atoms with Gasteiger partial charge >= 0.3 is 0 Å². The van der Waals surface area contributed by atoms with Gasteiger partial charge in [-0.2, -0.15) is 0 Å². The van der Waals surface area contributed by atoms with Crippen LogP contribution < -0.4 is 5.32 Å². The second-order valence-corrected chi connectivity index (χ2v) is 6.14. The van der Waals surface area contributed by atoms with E-state index < -0.39 is 0 Å². The topological polar surface area (TPSA) is 29.1 Å². The molecule has 2 unspecified atom stereocenters. The molecule has 1 N–H and O–H groups in total. The highest BCUT2D eigenvalue weighted by Crippen LogP contribution is 2.34. The highest BCUT2D eigenvalue weighted by molar-refractivity contribution is 6.42. The third kappa shape index (κ3) is 3.07. The van der Waals surface area contributed by atoms with Crippen molar-refractivity contribution in [3.63, 3.8) is 0 Å². The van der Waals surface area contributed by atoms with Crippen molar-refractivity contribution < 1.29 is 4.79 Å². The molecule has 1 aliphatic rings. The van der Waals surface area contributed by atoms with Gasteiger partial charge in [0, 0.05) is 12.5 Å². The Labute approximate surface area is 134 Å². The maximum atomic E-state index is 12.1. The molecule has 108 valence electrons. The van der Waals surface area contributed by atoms with Crippen molar-refractivity contribution >= 4 is 29.1 Å². The molecule has 1 aliphatic heterocycles. The Hall–Kier alpha value is -1.51. The Morgan fingerprint density at radius 3 is 2.52 bits per heavy atom. The maximum Gasteiger partial charge on any atom is 0.224 e. The number of hydrogen-bond donors (Lipinski definition) is 1. The molecule has 0 aromatic heterocycles. The molecule has 1 fully saturated rings. The van der Waals surface area contributed by atoms with E-state index in [0.717, 1.165) is 12.0 Å². The van der Waals surface area contributed by atoms with Crippen LogP contribution in [-0.2, 0) is 11.2 Å². The standard InChI is InChI=1S/C17H15Cl2NO/c18-15-7-6-12(9-16(15)19)14-10-20-17(21)13(14)8-11-4-2-1-3-5-11/h1-7,9,13-14H,8,10H2,(H,20,21). The molecule has 0 radical (unpaired) electrons. The fourth-order valence-electron chi connectivity index (χ4n) is 2.86. The Kier molecular flexibility index (Phi) is 4.18. The van der Waals surface area contributed by atoms with Crippen LogP contribution in [0.5, 0.6) is 0 Å². The van der Waals surface area contributed by atoms with Crippen LogP contribution in [0.25, 0.3) is 0 Å². The smallest absolute Gasteiger partial charge is 0.224 e. The van der Waals surface area contributed by atoms with E-state index in [1.807, 2.05) is 30.3 Å². The molecule has 4 heteroatoms. The average molecular weight is 320 g/mol. The van der Waals surface area contributed by atoms with Crippen LogP contribution >= 0.6 is 23.2 Å². The molecule has 0 aliphatic carbocycles. The van der Waals surface area contributed by atoms with E-state index in [0.29, 0.717) is 16.6 Å². The summed E-state index contributed by atoms with van der Waals surface area (Å²) in [7, 11) is 0. The Balaban J connectivity index is 1.86. The molecule has 2 aromatic rings. The summed E-state index contributed by atoms with van der Waals surface area (Å²) in [4.78, 5) is 12.1. The normalized spacial score (nSPS) is 21.3. The lowest BCUT2D eigenvalue weighted by Crippen LogP contribution is -2.21. The molecule has 1 amide bonds. The number of amides is 1. The van der Waals surface area contributed by atoms with Gasteiger partial charge in [0.05, 0.1) is 16.0 Å². The average Bonchev–Trinajstić information content (AvgIpc) is 2.85. The lowest BCUT2D eigenvalue weighted by atomic mass is 9.84. The van der Waals surface area contributed by atoms with Gasteiger partial charge in [-0.25, -0.2) is 0 Å². The van der Waals surface area contributed by atoms with E-state index in [1.165, 1.54) is 5.56 Å². The van der Waals surface area contributed by atoms with Gasteiger partial charge in [0.1, 0.15) is 0 Å². The highest BCUT2D eigenvalue weighted by atomic mass is 35.5. The fourth-order valence-corrected chi connectivity index (χ4v) is 3.17. The number of benzene rings is 2. The van der Waals surface area contributed by atoms with Crippen LogP contribution in [0, 0.1) is 5.92 Å². The summed E-state index contributed by atoms with van der Waals surface area (Å²) in [5, 5.41) is 4.03. The van der Waals surface area contributed by atoms with Gasteiger partial charge in [-0.1, -0.05) is 59.6 Å². The summed E-state index contributed by atoms with van der Waals surface area (Å²) >= 11 is 12.1. The van der Waals surface area contributed by atoms with Gasteiger partial charge in [-0.15, -0.1) is 0 Å². The minimum Gasteiger partial charge on any atom is -0.355 e. The summed E-state index contributed by atoms with van der Waals surface area (Å²) in [6.07, 6.45) is 0.734. The molecule has 0 saturated carbocycles. The van der Waals surface area contributed by atoms with Crippen LogP contribution in [-0.4, -0.2) is 12.5 Å². The quantitative estimate of drug-likeness (QED) is 0.908. The number of hydrogen-bond acceptors (Lipinski definition) is 1. The molecular formula is C17H15Cl2NO. The van der Waals surface area contributed by atoms with E-state index in [9.17, 15) is 4.79 Å². The minimum atomic E-state index is -0.0651. The third-order valence-corrected chi connectivity index (χ3v) is 4.73. The van der Waals surface area contributed by atoms with Gasteiger partial charge in [0.25, 0.3) is 0 Å². The first kappa shape index (κ1) is 14.4. The highest BCUT2D eigenvalue weighted by Gasteiger charge is 2.35. The fraction of sp³-hybridized carbons (Fsp3) is 0.235. The van der Waals surface area contributed by atoms with Crippen LogP contribution in [0.3, 0.4) is 0 Å². The van der Waals surface area contributed by atoms with Gasteiger partial charge in [0.2, 0.25) is 5.91 Å². The number of carbonyl (C=O) groups is 1. The zero-order valence-electron chi connectivity index (χ0n) is 11.4. The molecule has 2 nitrogen and oxygen atoms in total. The van der Waals surface area contributed by atoms with E-state index >= 15 is 0 Å². The molecule has 2 aromatic carbocycles. The molecule has 21 heavy (non-hydrogen) atoms. The summed E-state index contributed by atoms with van der Waals surface area (Å²) in [6.45, 7) is 0.647. The summed E-state index contributed by atoms with van der Waals surface area (Å²) < 4.78 is 0. The minimum absolute atomic E-state index is 0.0651. The van der Waals surface area contributed by atoms with Gasteiger partial charge in [-0.05, 0) is 29.7 Å². The van der Waals surface area contributed by atoms with Gasteiger partial charge in [0.15, 0.2) is 0 Å². The predicted octanol–water partition coefficient (Wildman–Crippen LogP) is 4.07. The number of rotatable bonds is 3. The largest absolute Gasteiger partial charge is 0.355 e. The van der Waals surface area contributed by atoms with Gasteiger partial charge in [-0.3, -0.25) is 4.79 Å². The van der Waals surface area contributed by atoms with Crippen molar-refractivity contribution in [3.8, 4) is 0 Å². The number of halogens is 2. The Morgan fingerprint density at radius 1 is 1.05 bits per heavy atom. The van der Waals surface area contributed by atoms with E-state index in [-0.39, 0.29) is 17.7 Å². The maximum absolute atomic E-state index is 12.1. The number of nitrogens with one attached hydrogen (secondary N) is 1. The van der Waals surface area contributed by atoms with E-state index in [1.54, 1.807) is 6.07 Å². The van der Waals surface area contributed by atoms with Crippen molar-refractivity contribution in [2.24, 2.45) is 5.92 Å². The molecule has 0 spiro atoms. The van der Waals surface area contributed by atoms with E-state index in [2.05, 4.69) is 17.4 Å². The molecule has 2 atom stereocenters. The van der Waals surface area contributed by atoms with Crippen LogP contribution in [0.2, 0.25) is 10.0 Å². The Morgan fingerprint density at radius 2 is 1.81 bits per heavy atom. The lowest BCUT2D eigenvalue weighted by Gasteiger charge is -2.17. The lowest BCUT2D eigenvalue weighted by molar-refractivity contribution is -0.122. The monoisotopic (exact) mass is 319 g/mol. The molecule has 0 bridgehead atoms. The summed E-state index contributed by atoms with van der Waals surface area (Å²) in [5.41, 5.74) is 2.23. The second kappa shape index (κ2) is 6.08. The molecular weight excluding hydrogens is 305 g/mol. The first-order valence-corrected chi connectivity index (χ1v) is 7.67. The summed E-state index contributed by atoms with van der Waals surface area (Å²) in [6, 6.07) is 15.7. The van der Waals surface area contributed by atoms with Crippen LogP contribution in [0.4, 0.5) is 0 Å². The van der Waals surface area contributed by atoms with Crippen LogP contribution in [0.15, 0.2) is 48.5 Å². The van der Waals surface area contributed by atoms with Crippen LogP contribution in [0.1, 0.15) is 17.0 Å². The van der Waals surface area contributed by atoms with Crippen molar-refractivity contribution in [2.75, 3.05) is 6.54 Å². The SMILES string of the molecule is O=C1NCC(c2ccc(Cl)c(Cl)c2)C1Cc1ccccc1. The first-order valence-electron chi connectivity index (χ1n) is 6.92. The molecule has 3 rings (SSSR count).